The van der Waals surface area contributed by atoms with Crippen molar-refractivity contribution in [3.8, 4) is 0 Å². The van der Waals surface area contributed by atoms with Crippen molar-refractivity contribution >= 4 is 27.3 Å². The highest BCUT2D eigenvalue weighted by Gasteiger charge is 2.21. The highest BCUT2D eigenvalue weighted by atomic mass is 79.9. The second kappa shape index (κ2) is 4.70. The molecule has 2 aromatic rings. The molecule has 1 unspecified atom stereocenters. The van der Waals surface area contributed by atoms with Crippen molar-refractivity contribution in [1.29, 1.82) is 0 Å². The van der Waals surface area contributed by atoms with Gasteiger partial charge in [-0.15, -0.1) is 11.3 Å². The lowest BCUT2D eigenvalue weighted by Crippen LogP contribution is -2.35. The summed E-state index contributed by atoms with van der Waals surface area (Å²) in [6.07, 6.45) is 0.881. The van der Waals surface area contributed by atoms with Crippen molar-refractivity contribution in [2.45, 2.75) is 18.9 Å². The molecule has 0 aliphatic carbocycles. The zero-order chi connectivity index (χ0) is 11.6. The van der Waals surface area contributed by atoms with Crippen LogP contribution in [0.3, 0.4) is 0 Å². The van der Waals surface area contributed by atoms with Crippen molar-refractivity contribution in [3.05, 3.63) is 56.7 Å². The van der Waals surface area contributed by atoms with Crippen LogP contribution >= 0.6 is 27.3 Å². The second-order valence-electron chi connectivity index (χ2n) is 4.18. The summed E-state index contributed by atoms with van der Waals surface area (Å²) in [5.41, 5.74) is 7.24. The lowest BCUT2D eigenvalue weighted by Gasteiger charge is -2.24. The van der Waals surface area contributed by atoms with Gasteiger partial charge in [-0.2, -0.15) is 0 Å². The predicted octanol–water partition coefficient (Wildman–Crippen LogP) is 3.93. The third kappa shape index (κ3) is 2.73. The second-order valence-corrected chi connectivity index (χ2v) is 6.13. The van der Waals surface area contributed by atoms with Gasteiger partial charge in [-0.1, -0.05) is 34.1 Å². The molecule has 16 heavy (non-hydrogen) atoms. The van der Waals surface area contributed by atoms with Gasteiger partial charge >= 0.3 is 0 Å². The summed E-state index contributed by atoms with van der Waals surface area (Å²) in [5, 5.41) is 2.09. The van der Waals surface area contributed by atoms with Crippen LogP contribution in [0.4, 0.5) is 0 Å². The molecule has 1 aromatic heterocycles. The van der Waals surface area contributed by atoms with E-state index in [1.807, 2.05) is 12.1 Å². The molecule has 0 amide bonds. The summed E-state index contributed by atoms with van der Waals surface area (Å²) in [7, 11) is 0. The summed E-state index contributed by atoms with van der Waals surface area (Å²) in [6, 6.07) is 12.4. The van der Waals surface area contributed by atoms with E-state index in [0.29, 0.717) is 0 Å². The average Bonchev–Trinajstić information content (AvgIpc) is 2.70. The normalized spacial score (nSPS) is 14.7. The Bertz CT molecular complexity index is 445. The molecule has 3 heteroatoms. The molecule has 0 aliphatic rings. The Balaban J connectivity index is 2.21. The van der Waals surface area contributed by atoms with E-state index in [9.17, 15) is 0 Å². The van der Waals surface area contributed by atoms with Gasteiger partial charge in [0.1, 0.15) is 0 Å². The van der Waals surface area contributed by atoms with E-state index in [1.165, 1.54) is 10.4 Å². The number of benzene rings is 1. The van der Waals surface area contributed by atoms with Crippen LogP contribution in [0.25, 0.3) is 0 Å². The maximum atomic E-state index is 6.37. The van der Waals surface area contributed by atoms with Crippen LogP contribution in [0.5, 0.6) is 0 Å². The summed E-state index contributed by atoms with van der Waals surface area (Å²) in [4.78, 5) is 1.33. The van der Waals surface area contributed by atoms with E-state index >= 15 is 0 Å². The highest BCUT2D eigenvalue weighted by molar-refractivity contribution is 9.10. The van der Waals surface area contributed by atoms with Crippen LogP contribution in [-0.2, 0) is 12.0 Å². The van der Waals surface area contributed by atoms with Crippen molar-refractivity contribution in [3.63, 3.8) is 0 Å². The third-order valence-corrected chi connectivity index (χ3v) is 4.03. The fourth-order valence-electron chi connectivity index (χ4n) is 1.71. The Morgan fingerprint density at radius 3 is 2.50 bits per heavy atom. The molecule has 0 saturated heterocycles. The fourth-order valence-corrected chi connectivity index (χ4v) is 2.84. The first-order valence-corrected chi connectivity index (χ1v) is 6.82. The zero-order valence-corrected chi connectivity index (χ0v) is 11.5. The van der Waals surface area contributed by atoms with Crippen LogP contribution in [0.15, 0.2) is 46.3 Å². The topological polar surface area (TPSA) is 26.0 Å². The molecule has 84 valence electrons. The van der Waals surface area contributed by atoms with Gasteiger partial charge in [-0.25, -0.2) is 0 Å². The molecule has 0 fully saturated rings. The molecule has 1 heterocycles. The quantitative estimate of drug-likeness (QED) is 0.912. The lowest BCUT2D eigenvalue weighted by atomic mass is 9.89. The van der Waals surface area contributed by atoms with Crippen molar-refractivity contribution < 1.29 is 0 Å². The van der Waals surface area contributed by atoms with Crippen molar-refractivity contribution in [1.82, 2.24) is 0 Å². The minimum Gasteiger partial charge on any atom is -0.321 e. The Hall–Kier alpha value is -0.640. The molecular formula is C13H14BrNS. The first kappa shape index (κ1) is 11.8. The largest absolute Gasteiger partial charge is 0.321 e. The maximum Gasteiger partial charge on any atom is 0.0429 e. The standard InChI is InChI=1S/C13H14BrNS/c1-13(15,9-12-3-2-8-16-12)10-4-6-11(14)7-5-10/h2-8H,9,15H2,1H3. The van der Waals surface area contributed by atoms with Gasteiger partial charge in [-0.05, 0) is 36.1 Å². The van der Waals surface area contributed by atoms with Crippen LogP contribution in [0.1, 0.15) is 17.4 Å². The Labute approximate surface area is 108 Å². The third-order valence-electron chi connectivity index (χ3n) is 2.63. The molecule has 0 spiro atoms. The number of halogens is 1. The minimum absolute atomic E-state index is 0.300. The van der Waals surface area contributed by atoms with Crippen molar-refractivity contribution in [2.75, 3.05) is 0 Å². The average molecular weight is 296 g/mol. The van der Waals surface area contributed by atoms with Gasteiger partial charge < -0.3 is 5.73 Å². The highest BCUT2D eigenvalue weighted by Crippen LogP contribution is 2.26. The van der Waals surface area contributed by atoms with Gasteiger partial charge in [0.15, 0.2) is 0 Å². The number of thiophene rings is 1. The van der Waals surface area contributed by atoms with E-state index in [2.05, 4.69) is 52.5 Å². The number of rotatable bonds is 3. The first-order valence-electron chi connectivity index (χ1n) is 5.15. The summed E-state index contributed by atoms with van der Waals surface area (Å²) >= 11 is 5.19. The molecule has 2 N–H and O–H groups in total. The monoisotopic (exact) mass is 295 g/mol. The molecule has 1 aromatic carbocycles. The van der Waals surface area contributed by atoms with Crippen molar-refractivity contribution in [2.24, 2.45) is 5.73 Å². The zero-order valence-electron chi connectivity index (χ0n) is 9.11. The maximum absolute atomic E-state index is 6.37. The summed E-state index contributed by atoms with van der Waals surface area (Å²) < 4.78 is 1.09. The van der Waals surface area contributed by atoms with Crippen LogP contribution in [0.2, 0.25) is 0 Å². The molecular weight excluding hydrogens is 282 g/mol. The molecule has 1 atom stereocenters. The Kier molecular flexibility index (Phi) is 3.47. The van der Waals surface area contributed by atoms with Crippen LogP contribution < -0.4 is 5.73 Å². The van der Waals surface area contributed by atoms with Gasteiger partial charge in [0.05, 0.1) is 0 Å². The Morgan fingerprint density at radius 2 is 1.94 bits per heavy atom. The molecule has 2 rings (SSSR count). The molecule has 1 nitrogen and oxygen atoms in total. The summed E-state index contributed by atoms with van der Waals surface area (Å²) in [6.45, 7) is 2.08. The van der Waals surface area contributed by atoms with E-state index in [1.54, 1.807) is 11.3 Å². The van der Waals surface area contributed by atoms with Gasteiger partial charge in [-0.3, -0.25) is 0 Å². The van der Waals surface area contributed by atoms with E-state index < -0.39 is 0 Å². The number of nitrogens with two attached hydrogens (primary N) is 1. The molecule has 0 aliphatic heterocycles. The smallest absolute Gasteiger partial charge is 0.0429 e. The fraction of sp³-hybridized carbons (Fsp3) is 0.231. The van der Waals surface area contributed by atoms with E-state index in [-0.39, 0.29) is 5.54 Å². The van der Waals surface area contributed by atoms with Gasteiger partial charge in [0, 0.05) is 21.3 Å². The lowest BCUT2D eigenvalue weighted by molar-refractivity contribution is 0.495. The minimum atomic E-state index is -0.300. The predicted molar refractivity (Wildman–Crippen MR) is 73.7 cm³/mol. The summed E-state index contributed by atoms with van der Waals surface area (Å²) in [5.74, 6) is 0. The number of hydrogen-bond donors (Lipinski definition) is 1. The van der Waals surface area contributed by atoms with E-state index in [4.69, 9.17) is 5.73 Å². The first-order chi connectivity index (χ1) is 7.58. The molecule has 0 bridgehead atoms. The van der Waals surface area contributed by atoms with Gasteiger partial charge in [0.25, 0.3) is 0 Å². The van der Waals surface area contributed by atoms with Crippen LogP contribution in [0, 0.1) is 0 Å². The van der Waals surface area contributed by atoms with Crippen LogP contribution in [-0.4, -0.2) is 0 Å². The molecule has 0 radical (unpaired) electrons. The number of hydrogen-bond acceptors (Lipinski definition) is 2. The Morgan fingerprint density at radius 1 is 1.25 bits per heavy atom. The van der Waals surface area contributed by atoms with E-state index in [0.717, 1.165) is 10.9 Å². The SMILES string of the molecule is CC(N)(Cc1cccs1)c1ccc(Br)cc1. The van der Waals surface area contributed by atoms with Gasteiger partial charge in [0.2, 0.25) is 0 Å². The molecule has 0 saturated carbocycles.